The second-order valence-electron chi connectivity index (χ2n) is 12.3. The predicted molar refractivity (Wildman–Crippen MR) is 160 cm³/mol. The summed E-state index contributed by atoms with van der Waals surface area (Å²) in [6.45, 7) is 10.8. The molecule has 0 radical (unpaired) electrons. The van der Waals surface area contributed by atoms with Gasteiger partial charge in [-0.25, -0.2) is 0 Å². The van der Waals surface area contributed by atoms with Crippen LogP contribution in [0.15, 0.2) is 42.5 Å². The van der Waals surface area contributed by atoms with Crippen LogP contribution in [-0.4, -0.2) is 61.7 Å². The summed E-state index contributed by atoms with van der Waals surface area (Å²) in [6.07, 6.45) is -6.89. The van der Waals surface area contributed by atoms with Gasteiger partial charge in [0.25, 0.3) is 0 Å². The average Bonchev–Trinajstić information content (AvgIpc) is 2.94. The van der Waals surface area contributed by atoms with Crippen LogP contribution in [0.3, 0.4) is 0 Å². The third kappa shape index (κ3) is 9.63. The molecule has 238 valence electrons. The SMILES string of the molecule is CC(C)(C)c1ccc(N2CCN(C(=S)COC3CCC(CNc4ccc(OC(F)(F)F)c(C(F)(F)F)c4)CC3)CC2)cc1. The maximum atomic E-state index is 13.3. The van der Waals surface area contributed by atoms with Crippen molar-refractivity contribution in [3.63, 3.8) is 0 Å². The molecule has 1 aliphatic carbocycles. The highest BCUT2D eigenvalue weighted by atomic mass is 32.1. The lowest BCUT2D eigenvalue weighted by Crippen LogP contribution is -2.49. The van der Waals surface area contributed by atoms with Gasteiger partial charge in [-0.3, -0.25) is 0 Å². The first-order chi connectivity index (χ1) is 20.1. The average molecular weight is 632 g/mol. The molecule has 43 heavy (non-hydrogen) atoms. The molecule has 1 N–H and O–H groups in total. The van der Waals surface area contributed by atoms with Crippen molar-refractivity contribution in [2.45, 2.75) is 70.5 Å². The summed E-state index contributed by atoms with van der Waals surface area (Å²) in [4.78, 5) is 5.37. The molecule has 2 aromatic carbocycles. The Bertz CT molecular complexity index is 1210. The summed E-state index contributed by atoms with van der Waals surface area (Å²) in [5, 5.41) is 2.94. The van der Waals surface area contributed by atoms with Crippen molar-refractivity contribution in [1.29, 1.82) is 0 Å². The number of ether oxygens (including phenoxy) is 2. The van der Waals surface area contributed by atoms with Gasteiger partial charge in [0, 0.05) is 44.1 Å². The van der Waals surface area contributed by atoms with Crippen LogP contribution in [0.25, 0.3) is 0 Å². The Morgan fingerprint density at radius 2 is 1.51 bits per heavy atom. The molecule has 1 heterocycles. The van der Waals surface area contributed by atoms with E-state index in [0.717, 1.165) is 62.9 Å². The van der Waals surface area contributed by atoms with Crippen LogP contribution in [0, 0.1) is 5.92 Å². The fourth-order valence-electron chi connectivity index (χ4n) is 5.51. The van der Waals surface area contributed by atoms with Crippen molar-refractivity contribution >= 4 is 28.6 Å². The van der Waals surface area contributed by atoms with Crippen molar-refractivity contribution in [1.82, 2.24) is 4.90 Å². The zero-order valence-corrected chi connectivity index (χ0v) is 25.5. The number of benzene rings is 2. The normalized spacial score (nSPS) is 20.2. The first kappa shape index (κ1) is 33.2. The van der Waals surface area contributed by atoms with Gasteiger partial charge >= 0.3 is 12.5 Å². The number of nitrogens with zero attached hydrogens (tertiary/aromatic N) is 2. The van der Waals surface area contributed by atoms with Gasteiger partial charge in [0.2, 0.25) is 0 Å². The van der Waals surface area contributed by atoms with E-state index in [1.165, 1.54) is 11.3 Å². The fourth-order valence-corrected chi connectivity index (χ4v) is 5.76. The number of thiocarbonyl (C=S) groups is 1. The minimum Gasteiger partial charge on any atom is -0.405 e. The molecule has 0 unspecified atom stereocenters. The van der Waals surface area contributed by atoms with Crippen LogP contribution in [-0.2, 0) is 16.3 Å². The number of nitrogens with one attached hydrogen (secondary N) is 1. The van der Waals surface area contributed by atoms with E-state index in [-0.39, 0.29) is 23.1 Å². The van der Waals surface area contributed by atoms with Gasteiger partial charge in [0.1, 0.15) is 10.7 Å². The molecule has 0 spiro atoms. The topological polar surface area (TPSA) is 37.0 Å². The third-order valence-corrected chi connectivity index (χ3v) is 8.45. The molecule has 0 amide bonds. The Balaban J connectivity index is 1.17. The molecule has 4 rings (SSSR count). The summed E-state index contributed by atoms with van der Waals surface area (Å²) < 4.78 is 87.2. The summed E-state index contributed by atoms with van der Waals surface area (Å²) in [6, 6.07) is 11.3. The van der Waals surface area contributed by atoms with Crippen LogP contribution >= 0.6 is 12.2 Å². The monoisotopic (exact) mass is 631 g/mol. The number of anilines is 2. The number of hydrogen-bond donors (Lipinski definition) is 1. The Kier molecular flexibility index (Phi) is 10.4. The van der Waals surface area contributed by atoms with Gasteiger partial charge in [-0.05, 0) is 72.9 Å². The molecule has 1 saturated heterocycles. The summed E-state index contributed by atoms with van der Waals surface area (Å²) >= 11 is 5.67. The van der Waals surface area contributed by atoms with Gasteiger partial charge < -0.3 is 24.6 Å². The lowest BCUT2D eigenvalue weighted by molar-refractivity contribution is -0.276. The van der Waals surface area contributed by atoms with Crippen molar-refractivity contribution in [2.24, 2.45) is 5.92 Å². The van der Waals surface area contributed by atoms with Crippen LogP contribution in [0.1, 0.15) is 57.6 Å². The molecule has 1 aliphatic heterocycles. The molecule has 2 fully saturated rings. The summed E-state index contributed by atoms with van der Waals surface area (Å²) in [5.74, 6) is -1.06. The molecule has 0 atom stereocenters. The van der Waals surface area contributed by atoms with Crippen molar-refractivity contribution in [2.75, 3.05) is 49.5 Å². The van der Waals surface area contributed by atoms with Crippen LogP contribution in [0.5, 0.6) is 5.75 Å². The quantitative estimate of drug-likeness (QED) is 0.235. The smallest absolute Gasteiger partial charge is 0.405 e. The van der Waals surface area contributed by atoms with E-state index in [4.69, 9.17) is 17.0 Å². The standard InChI is InChI=1S/C31H39F6N3O2S/c1-29(2,3)22-6-9-24(10-7-22)39-14-16-40(17-15-39)28(43)20-41-25-11-4-21(5-12-25)19-38-23-8-13-27(42-31(35,36)37)26(18-23)30(32,33)34/h6-10,13,18,21,25,38H,4-5,11-12,14-17,19-20H2,1-3H3. The van der Waals surface area contributed by atoms with Crippen LogP contribution in [0.2, 0.25) is 0 Å². The van der Waals surface area contributed by atoms with Gasteiger partial charge in [0.15, 0.2) is 0 Å². The minimum atomic E-state index is -5.21. The molecule has 2 aromatic rings. The highest BCUT2D eigenvalue weighted by Crippen LogP contribution is 2.40. The second kappa shape index (κ2) is 13.5. The molecule has 0 aromatic heterocycles. The first-order valence-corrected chi connectivity index (χ1v) is 14.9. The van der Waals surface area contributed by atoms with E-state index in [2.05, 4.69) is 64.9 Å². The number of piperazine rings is 1. The number of rotatable bonds is 8. The van der Waals surface area contributed by atoms with Crippen LogP contribution in [0.4, 0.5) is 37.7 Å². The number of alkyl halides is 6. The predicted octanol–water partition coefficient (Wildman–Crippen LogP) is 8.04. The molecule has 12 heteroatoms. The van der Waals surface area contributed by atoms with Gasteiger partial charge in [-0.1, -0.05) is 45.1 Å². The molecule has 5 nitrogen and oxygen atoms in total. The van der Waals surface area contributed by atoms with Crippen LogP contribution < -0.4 is 15.0 Å². The van der Waals surface area contributed by atoms with Gasteiger partial charge in [-0.2, -0.15) is 13.2 Å². The van der Waals surface area contributed by atoms with E-state index in [0.29, 0.717) is 25.3 Å². The largest absolute Gasteiger partial charge is 0.573 e. The van der Waals surface area contributed by atoms with Gasteiger partial charge in [-0.15, -0.1) is 13.2 Å². The van der Waals surface area contributed by atoms with E-state index in [1.807, 2.05) is 0 Å². The lowest BCUT2D eigenvalue weighted by atomic mass is 9.87. The number of halogens is 6. The maximum Gasteiger partial charge on any atom is 0.573 e. The highest BCUT2D eigenvalue weighted by Gasteiger charge is 2.39. The highest BCUT2D eigenvalue weighted by molar-refractivity contribution is 7.80. The fraction of sp³-hybridized carbons (Fsp3) is 0.581. The Morgan fingerprint density at radius 3 is 2.07 bits per heavy atom. The van der Waals surface area contributed by atoms with E-state index in [9.17, 15) is 26.3 Å². The maximum absolute atomic E-state index is 13.3. The van der Waals surface area contributed by atoms with Crippen molar-refractivity contribution < 1.29 is 35.8 Å². The zero-order valence-electron chi connectivity index (χ0n) is 24.7. The zero-order chi connectivity index (χ0) is 31.4. The second-order valence-corrected chi connectivity index (χ2v) is 12.7. The molecular formula is C31H39F6N3O2S. The Morgan fingerprint density at radius 1 is 0.884 bits per heavy atom. The first-order valence-electron chi connectivity index (χ1n) is 14.5. The third-order valence-electron chi connectivity index (χ3n) is 8.07. The summed E-state index contributed by atoms with van der Waals surface area (Å²) in [5.41, 5.74) is 1.27. The molecular weight excluding hydrogens is 592 g/mol. The number of hydrogen-bond acceptors (Lipinski definition) is 5. The van der Waals surface area contributed by atoms with E-state index < -0.39 is 23.9 Å². The van der Waals surface area contributed by atoms with E-state index in [1.54, 1.807) is 0 Å². The minimum absolute atomic E-state index is 0.0625. The molecule has 2 aliphatic rings. The van der Waals surface area contributed by atoms with Crippen molar-refractivity contribution in [3.8, 4) is 5.75 Å². The molecule has 0 bridgehead atoms. The lowest BCUT2D eigenvalue weighted by Gasteiger charge is -2.38. The molecule has 1 saturated carbocycles. The van der Waals surface area contributed by atoms with Gasteiger partial charge in [0.05, 0.1) is 18.3 Å². The summed E-state index contributed by atoms with van der Waals surface area (Å²) in [7, 11) is 0. The van der Waals surface area contributed by atoms with E-state index >= 15 is 0 Å². The Labute approximate surface area is 254 Å². The van der Waals surface area contributed by atoms with Crippen molar-refractivity contribution in [3.05, 3.63) is 53.6 Å². The Hall–Kier alpha value is -2.73.